The topological polar surface area (TPSA) is 94.0 Å². The molecular formula is C16H22N6O2. The van der Waals surface area contributed by atoms with Crippen LogP contribution in [0.3, 0.4) is 0 Å². The highest BCUT2D eigenvalue weighted by Gasteiger charge is 2.20. The maximum atomic E-state index is 12.5. The minimum Gasteiger partial charge on any atom is -0.477 e. The summed E-state index contributed by atoms with van der Waals surface area (Å²) in [7, 11) is 0. The average molecular weight is 330 g/mol. The van der Waals surface area contributed by atoms with Crippen molar-refractivity contribution in [3.8, 4) is 11.7 Å². The molecule has 8 nitrogen and oxygen atoms in total. The van der Waals surface area contributed by atoms with Gasteiger partial charge in [0.15, 0.2) is 5.82 Å². The molecule has 1 fully saturated rings. The van der Waals surface area contributed by atoms with Crippen molar-refractivity contribution in [2.45, 2.75) is 32.7 Å². The standard InChI is InChI=1S/C16H22N6O2/c1-3-24-15-7-6-14(20-21-15)22-11(2)13(10-18-22)16(23)19-12-5-4-8-17-9-12/h6-7,10,12,17H,3-5,8-9H2,1-2H3,(H,19,23)/t12-/m0/s1. The molecule has 2 N–H and O–H groups in total. The van der Waals surface area contributed by atoms with Gasteiger partial charge in [0.05, 0.1) is 24.1 Å². The summed E-state index contributed by atoms with van der Waals surface area (Å²) in [5.41, 5.74) is 1.28. The van der Waals surface area contributed by atoms with Crippen LogP contribution in [0.5, 0.6) is 5.88 Å². The monoisotopic (exact) mass is 330 g/mol. The Morgan fingerprint density at radius 3 is 3.00 bits per heavy atom. The third-order valence-corrected chi connectivity index (χ3v) is 4.02. The summed E-state index contributed by atoms with van der Waals surface area (Å²) in [6, 6.07) is 3.67. The fourth-order valence-corrected chi connectivity index (χ4v) is 2.75. The van der Waals surface area contributed by atoms with Gasteiger partial charge in [-0.1, -0.05) is 0 Å². The average Bonchev–Trinajstić information content (AvgIpc) is 2.98. The summed E-state index contributed by atoms with van der Waals surface area (Å²) in [6.07, 6.45) is 3.64. The Labute approximate surface area is 140 Å². The van der Waals surface area contributed by atoms with E-state index < -0.39 is 0 Å². The van der Waals surface area contributed by atoms with Gasteiger partial charge in [0.25, 0.3) is 5.91 Å². The molecule has 2 aromatic rings. The van der Waals surface area contributed by atoms with Crippen molar-refractivity contribution >= 4 is 5.91 Å². The highest BCUT2D eigenvalue weighted by atomic mass is 16.5. The molecule has 3 rings (SSSR count). The van der Waals surface area contributed by atoms with Crippen molar-refractivity contribution in [3.05, 3.63) is 29.6 Å². The molecule has 0 saturated carbocycles. The van der Waals surface area contributed by atoms with Crippen LogP contribution in [0, 0.1) is 6.92 Å². The lowest BCUT2D eigenvalue weighted by Gasteiger charge is -2.23. The summed E-state index contributed by atoms with van der Waals surface area (Å²) in [4.78, 5) is 12.5. The van der Waals surface area contributed by atoms with Crippen LogP contribution in [0.15, 0.2) is 18.3 Å². The van der Waals surface area contributed by atoms with E-state index in [1.165, 1.54) is 0 Å². The van der Waals surface area contributed by atoms with Crippen LogP contribution in [0.2, 0.25) is 0 Å². The molecule has 2 aromatic heterocycles. The zero-order valence-corrected chi connectivity index (χ0v) is 14.0. The van der Waals surface area contributed by atoms with Gasteiger partial charge in [-0.25, -0.2) is 4.68 Å². The number of hydrogen-bond donors (Lipinski definition) is 2. The van der Waals surface area contributed by atoms with Crippen molar-refractivity contribution < 1.29 is 9.53 Å². The zero-order chi connectivity index (χ0) is 16.9. The van der Waals surface area contributed by atoms with Crippen LogP contribution < -0.4 is 15.4 Å². The zero-order valence-electron chi connectivity index (χ0n) is 14.0. The summed E-state index contributed by atoms with van der Waals surface area (Å²) >= 11 is 0. The Morgan fingerprint density at radius 2 is 2.33 bits per heavy atom. The third kappa shape index (κ3) is 3.53. The molecule has 1 aliphatic heterocycles. The predicted octanol–water partition coefficient (Wildman–Crippen LogP) is 0.851. The number of nitrogens with one attached hydrogen (secondary N) is 2. The number of carbonyl (C=O) groups excluding carboxylic acids is 1. The smallest absolute Gasteiger partial charge is 0.255 e. The molecular weight excluding hydrogens is 308 g/mol. The minimum atomic E-state index is -0.105. The molecule has 128 valence electrons. The first kappa shape index (κ1) is 16.4. The van der Waals surface area contributed by atoms with E-state index in [4.69, 9.17) is 4.74 Å². The lowest BCUT2D eigenvalue weighted by molar-refractivity contribution is 0.0930. The van der Waals surface area contributed by atoms with Gasteiger partial charge in [0, 0.05) is 18.7 Å². The van der Waals surface area contributed by atoms with Gasteiger partial charge in [-0.3, -0.25) is 4.79 Å². The normalized spacial score (nSPS) is 17.5. The molecule has 0 unspecified atom stereocenters. The van der Waals surface area contributed by atoms with Crippen LogP contribution in [0.1, 0.15) is 35.8 Å². The molecule has 1 aliphatic rings. The minimum absolute atomic E-state index is 0.105. The van der Waals surface area contributed by atoms with Crippen molar-refractivity contribution in [1.82, 2.24) is 30.6 Å². The Balaban J connectivity index is 1.73. The van der Waals surface area contributed by atoms with E-state index in [1.807, 2.05) is 13.8 Å². The van der Waals surface area contributed by atoms with Gasteiger partial charge in [0.2, 0.25) is 5.88 Å². The second-order valence-electron chi connectivity index (χ2n) is 5.73. The first-order chi connectivity index (χ1) is 11.7. The molecule has 0 aromatic carbocycles. The molecule has 1 atom stereocenters. The molecule has 1 saturated heterocycles. The highest BCUT2D eigenvalue weighted by molar-refractivity contribution is 5.95. The lowest BCUT2D eigenvalue weighted by atomic mass is 10.1. The lowest BCUT2D eigenvalue weighted by Crippen LogP contribution is -2.45. The Morgan fingerprint density at radius 1 is 1.46 bits per heavy atom. The molecule has 24 heavy (non-hydrogen) atoms. The van der Waals surface area contributed by atoms with Crippen LogP contribution in [0.4, 0.5) is 0 Å². The summed E-state index contributed by atoms with van der Waals surface area (Å²) in [5.74, 6) is 0.912. The van der Waals surface area contributed by atoms with Crippen LogP contribution >= 0.6 is 0 Å². The quantitative estimate of drug-likeness (QED) is 0.844. The second-order valence-corrected chi connectivity index (χ2v) is 5.73. The van der Waals surface area contributed by atoms with Crippen LogP contribution in [0.25, 0.3) is 5.82 Å². The Bertz CT molecular complexity index is 691. The van der Waals surface area contributed by atoms with Crippen molar-refractivity contribution in [1.29, 1.82) is 0 Å². The van der Waals surface area contributed by atoms with Gasteiger partial charge >= 0.3 is 0 Å². The molecule has 3 heterocycles. The third-order valence-electron chi connectivity index (χ3n) is 4.02. The fraction of sp³-hybridized carbons (Fsp3) is 0.500. The van der Waals surface area contributed by atoms with E-state index in [1.54, 1.807) is 23.0 Å². The number of ether oxygens (including phenoxy) is 1. The molecule has 1 amide bonds. The number of piperidine rings is 1. The molecule has 0 aliphatic carbocycles. The predicted molar refractivity (Wildman–Crippen MR) is 88.4 cm³/mol. The number of rotatable bonds is 5. The summed E-state index contributed by atoms with van der Waals surface area (Å²) in [5, 5.41) is 18.7. The van der Waals surface area contributed by atoms with Crippen molar-refractivity contribution in [2.75, 3.05) is 19.7 Å². The Kier molecular flexibility index (Phi) is 5.05. The van der Waals surface area contributed by atoms with E-state index in [2.05, 4.69) is 25.9 Å². The van der Waals surface area contributed by atoms with E-state index in [9.17, 15) is 4.79 Å². The van der Waals surface area contributed by atoms with E-state index in [0.29, 0.717) is 23.9 Å². The van der Waals surface area contributed by atoms with Gasteiger partial charge in [-0.2, -0.15) is 5.10 Å². The fourth-order valence-electron chi connectivity index (χ4n) is 2.75. The number of amides is 1. The molecule has 0 spiro atoms. The van der Waals surface area contributed by atoms with E-state index in [-0.39, 0.29) is 11.9 Å². The number of nitrogens with zero attached hydrogens (tertiary/aromatic N) is 4. The van der Waals surface area contributed by atoms with Gasteiger partial charge < -0.3 is 15.4 Å². The van der Waals surface area contributed by atoms with Crippen LogP contribution in [-0.2, 0) is 0 Å². The highest BCUT2D eigenvalue weighted by Crippen LogP contribution is 2.14. The van der Waals surface area contributed by atoms with E-state index >= 15 is 0 Å². The molecule has 0 radical (unpaired) electrons. The number of aromatic nitrogens is 4. The molecule has 8 heteroatoms. The van der Waals surface area contributed by atoms with Gasteiger partial charge in [0.1, 0.15) is 0 Å². The van der Waals surface area contributed by atoms with E-state index in [0.717, 1.165) is 31.6 Å². The maximum Gasteiger partial charge on any atom is 0.255 e. The first-order valence-corrected chi connectivity index (χ1v) is 8.22. The first-order valence-electron chi connectivity index (χ1n) is 8.22. The van der Waals surface area contributed by atoms with Gasteiger partial charge in [-0.05, 0) is 39.3 Å². The summed E-state index contributed by atoms with van der Waals surface area (Å²) in [6.45, 7) is 6.09. The van der Waals surface area contributed by atoms with Crippen LogP contribution in [-0.4, -0.2) is 51.6 Å². The van der Waals surface area contributed by atoms with Crippen molar-refractivity contribution in [2.24, 2.45) is 0 Å². The Hall–Kier alpha value is -2.48. The summed E-state index contributed by atoms with van der Waals surface area (Å²) < 4.78 is 6.89. The van der Waals surface area contributed by atoms with Crippen molar-refractivity contribution in [3.63, 3.8) is 0 Å². The second kappa shape index (κ2) is 7.39. The largest absolute Gasteiger partial charge is 0.477 e. The van der Waals surface area contributed by atoms with Gasteiger partial charge in [-0.15, -0.1) is 10.2 Å². The molecule has 0 bridgehead atoms. The number of carbonyl (C=O) groups is 1. The number of hydrogen-bond acceptors (Lipinski definition) is 6. The maximum absolute atomic E-state index is 12.5. The SMILES string of the molecule is CCOc1ccc(-n2ncc(C(=O)N[C@H]3CCCNC3)c2C)nn1.